The van der Waals surface area contributed by atoms with Crippen LogP contribution >= 0.6 is 0 Å². The molecule has 1 atom stereocenters. The first-order chi connectivity index (χ1) is 14.3. The molecule has 1 N–H and O–H groups in total. The lowest BCUT2D eigenvalue weighted by Gasteiger charge is -2.26. The van der Waals surface area contributed by atoms with E-state index >= 15 is 0 Å². The average Bonchev–Trinajstić information content (AvgIpc) is 3.04. The molecule has 2 aromatic carbocycles. The van der Waals surface area contributed by atoms with Gasteiger partial charge in [0, 0.05) is 19.6 Å². The summed E-state index contributed by atoms with van der Waals surface area (Å²) in [6.45, 7) is 6.89. The van der Waals surface area contributed by atoms with Gasteiger partial charge in [-0.15, -0.1) is 0 Å². The van der Waals surface area contributed by atoms with E-state index in [-0.39, 0.29) is 24.5 Å². The van der Waals surface area contributed by atoms with Gasteiger partial charge in [-0.2, -0.15) is 0 Å². The second-order valence-electron chi connectivity index (χ2n) is 8.73. The summed E-state index contributed by atoms with van der Waals surface area (Å²) >= 11 is 0. The van der Waals surface area contributed by atoms with Gasteiger partial charge in [0.15, 0.2) is 0 Å². The van der Waals surface area contributed by atoms with E-state index in [1.54, 1.807) is 25.8 Å². The molecular weight excluding hydrogens is 378 g/mol. The summed E-state index contributed by atoms with van der Waals surface area (Å²) in [5.41, 5.74) is 4.28. The molecule has 0 aromatic heterocycles. The van der Waals surface area contributed by atoms with E-state index in [2.05, 4.69) is 48.5 Å². The van der Waals surface area contributed by atoms with Gasteiger partial charge in [0.25, 0.3) is 0 Å². The van der Waals surface area contributed by atoms with Gasteiger partial charge in [-0.05, 0) is 49.4 Å². The Morgan fingerprint density at radius 1 is 1.07 bits per heavy atom. The summed E-state index contributed by atoms with van der Waals surface area (Å²) in [5.74, 6) is 0.0891. The zero-order valence-electron chi connectivity index (χ0n) is 18.4. The third kappa shape index (κ3) is 5.48. The Kier molecular flexibility index (Phi) is 7.29. The molecule has 5 nitrogen and oxygen atoms in total. The molecule has 1 unspecified atom stereocenters. The van der Waals surface area contributed by atoms with Gasteiger partial charge in [-0.1, -0.05) is 48.5 Å². The van der Waals surface area contributed by atoms with Crippen LogP contribution in [0.5, 0.6) is 0 Å². The van der Waals surface area contributed by atoms with Crippen LogP contribution in [0.3, 0.4) is 0 Å². The average molecular weight is 412 g/mol. The van der Waals surface area contributed by atoms with Gasteiger partial charge >= 0.3 is 0 Å². The number of carbonyl (C=O) groups is 1. The number of carbonyl (C=O) groups excluding carboxylic acids is 1. The maximum absolute atomic E-state index is 12.5. The second kappa shape index (κ2) is 9.73. The van der Waals surface area contributed by atoms with E-state index in [0.29, 0.717) is 26.2 Å². The maximum atomic E-state index is 12.5. The van der Waals surface area contributed by atoms with Crippen molar-refractivity contribution in [1.82, 2.24) is 4.90 Å². The highest BCUT2D eigenvalue weighted by Crippen LogP contribution is 2.44. The first-order valence-corrected chi connectivity index (χ1v) is 10.6. The zero-order valence-corrected chi connectivity index (χ0v) is 18.4. The minimum atomic E-state index is -0.740. The Labute approximate surface area is 179 Å². The number of ether oxygens (including phenoxy) is 2. The topological polar surface area (TPSA) is 59.0 Å². The summed E-state index contributed by atoms with van der Waals surface area (Å²) in [5, 5.41) is 9.73. The molecule has 1 amide bonds. The number of fused-ring (bicyclic) bond motifs is 3. The molecule has 0 fully saturated rings. The van der Waals surface area contributed by atoms with Crippen LogP contribution in [0.25, 0.3) is 11.1 Å². The summed E-state index contributed by atoms with van der Waals surface area (Å²) in [7, 11) is 1.77. The van der Waals surface area contributed by atoms with Gasteiger partial charge in [-0.3, -0.25) is 4.79 Å². The van der Waals surface area contributed by atoms with E-state index in [9.17, 15) is 9.90 Å². The highest BCUT2D eigenvalue weighted by molar-refractivity contribution is 5.79. The van der Waals surface area contributed by atoms with Gasteiger partial charge in [0.2, 0.25) is 5.91 Å². The lowest BCUT2D eigenvalue weighted by Crippen LogP contribution is -2.40. The van der Waals surface area contributed by atoms with Crippen molar-refractivity contribution in [2.75, 3.05) is 33.5 Å². The first kappa shape index (κ1) is 22.5. The molecule has 30 heavy (non-hydrogen) atoms. The molecule has 0 radical (unpaired) electrons. The smallest absolute Gasteiger partial charge is 0.248 e. The molecule has 162 valence electrons. The molecule has 1 aliphatic carbocycles. The van der Waals surface area contributed by atoms with Gasteiger partial charge in [-0.25, -0.2) is 0 Å². The normalized spacial score (nSPS) is 14.3. The Balaban J connectivity index is 1.48. The molecule has 3 rings (SSSR count). The summed E-state index contributed by atoms with van der Waals surface area (Å²) in [6, 6.07) is 16.7. The van der Waals surface area contributed by atoms with Crippen LogP contribution in [-0.2, 0) is 14.3 Å². The first-order valence-electron chi connectivity index (χ1n) is 10.6. The lowest BCUT2D eigenvalue weighted by molar-refractivity contribution is -0.138. The fourth-order valence-electron chi connectivity index (χ4n) is 3.74. The fraction of sp³-hybridized carbons (Fsp3) is 0.480. The Bertz CT molecular complexity index is 813. The molecule has 1 aliphatic rings. The minimum Gasteiger partial charge on any atom is -0.390 e. The molecule has 0 saturated heterocycles. The second-order valence-corrected chi connectivity index (χ2v) is 8.73. The minimum absolute atomic E-state index is 0.0470. The Morgan fingerprint density at radius 2 is 1.63 bits per heavy atom. The number of benzene rings is 2. The molecule has 0 aliphatic heterocycles. The van der Waals surface area contributed by atoms with Crippen molar-refractivity contribution in [3.05, 3.63) is 59.7 Å². The lowest BCUT2D eigenvalue weighted by atomic mass is 9.98. The predicted molar refractivity (Wildman–Crippen MR) is 119 cm³/mol. The van der Waals surface area contributed by atoms with Crippen molar-refractivity contribution in [2.45, 2.75) is 44.8 Å². The summed E-state index contributed by atoms with van der Waals surface area (Å²) < 4.78 is 11.5. The van der Waals surface area contributed by atoms with Crippen LogP contribution in [0.15, 0.2) is 48.5 Å². The van der Waals surface area contributed by atoms with Crippen molar-refractivity contribution in [1.29, 1.82) is 0 Å². The van der Waals surface area contributed by atoms with E-state index in [1.165, 1.54) is 22.3 Å². The number of amides is 1. The molecular formula is C25H33NO4. The van der Waals surface area contributed by atoms with Crippen molar-refractivity contribution in [3.8, 4) is 11.1 Å². The molecule has 0 bridgehead atoms. The molecule has 0 spiro atoms. The standard InChI is InChI=1S/C25H33NO4/c1-18(15-29-14-13-25(2,3)28)26(4)24(27)17-30-16-23-21-11-7-5-9-19(21)20-10-6-8-12-22(20)23/h5-12,18,23,28H,13-17H2,1-4H3. The van der Waals surface area contributed by atoms with Gasteiger partial charge < -0.3 is 19.5 Å². The van der Waals surface area contributed by atoms with Crippen LogP contribution in [0.1, 0.15) is 44.2 Å². The van der Waals surface area contributed by atoms with Crippen LogP contribution in [0.4, 0.5) is 0 Å². The van der Waals surface area contributed by atoms with Crippen LogP contribution in [-0.4, -0.2) is 61.0 Å². The van der Waals surface area contributed by atoms with E-state index < -0.39 is 5.60 Å². The number of nitrogens with zero attached hydrogens (tertiary/aromatic N) is 1. The molecule has 0 saturated carbocycles. The van der Waals surface area contributed by atoms with Crippen molar-refractivity contribution in [2.24, 2.45) is 0 Å². The van der Waals surface area contributed by atoms with Gasteiger partial charge in [0.1, 0.15) is 6.61 Å². The molecule has 5 heteroatoms. The largest absolute Gasteiger partial charge is 0.390 e. The number of hydrogen-bond acceptors (Lipinski definition) is 4. The molecule has 2 aromatic rings. The maximum Gasteiger partial charge on any atom is 0.248 e. The van der Waals surface area contributed by atoms with E-state index in [1.807, 2.05) is 6.92 Å². The number of rotatable bonds is 10. The summed E-state index contributed by atoms with van der Waals surface area (Å²) in [4.78, 5) is 14.2. The number of hydrogen-bond donors (Lipinski definition) is 1. The third-order valence-corrected chi connectivity index (χ3v) is 5.74. The fourth-order valence-corrected chi connectivity index (χ4v) is 3.74. The quantitative estimate of drug-likeness (QED) is 0.604. The summed E-state index contributed by atoms with van der Waals surface area (Å²) in [6.07, 6.45) is 0.560. The predicted octanol–water partition coefficient (Wildman–Crippen LogP) is 3.84. The molecule has 0 heterocycles. The van der Waals surface area contributed by atoms with Crippen LogP contribution in [0, 0.1) is 0 Å². The monoisotopic (exact) mass is 411 g/mol. The third-order valence-electron chi connectivity index (χ3n) is 5.74. The highest BCUT2D eigenvalue weighted by atomic mass is 16.5. The highest BCUT2D eigenvalue weighted by Gasteiger charge is 2.28. The number of aliphatic hydroxyl groups is 1. The Hall–Kier alpha value is -2.21. The van der Waals surface area contributed by atoms with Crippen LogP contribution < -0.4 is 0 Å². The van der Waals surface area contributed by atoms with E-state index in [0.717, 1.165) is 0 Å². The Morgan fingerprint density at radius 3 is 2.20 bits per heavy atom. The van der Waals surface area contributed by atoms with E-state index in [4.69, 9.17) is 9.47 Å². The van der Waals surface area contributed by atoms with Crippen LogP contribution in [0.2, 0.25) is 0 Å². The van der Waals surface area contributed by atoms with Crippen molar-refractivity contribution < 1.29 is 19.4 Å². The number of likely N-dealkylation sites (N-methyl/N-ethyl adjacent to an activating group) is 1. The van der Waals surface area contributed by atoms with Crippen molar-refractivity contribution >= 4 is 5.91 Å². The van der Waals surface area contributed by atoms with Gasteiger partial charge in [0.05, 0.1) is 24.9 Å². The van der Waals surface area contributed by atoms with Crippen molar-refractivity contribution in [3.63, 3.8) is 0 Å². The zero-order chi connectivity index (χ0) is 21.7. The SMILES string of the molecule is CC(COCCC(C)(C)O)N(C)C(=O)COCC1c2ccccc2-c2ccccc21.